The van der Waals surface area contributed by atoms with Crippen LogP contribution in [0.25, 0.3) is 0 Å². The average Bonchev–Trinajstić information content (AvgIpc) is 2.21. The van der Waals surface area contributed by atoms with Crippen molar-refractivity contribution in [1.29, 1.82) is 0 Å². The smallest absolute Gasteiger partial charge is 0.119 e. The maximum Gasteiger partial charge on any atom is 0.119 e. The van der Waals surface area contributed by atoms with Crippen molar-refractivity contribution in [3.63, 3.8) is 0 Å². The summed E-state index contributed by atoms with van der Waals surface area (Å²) >= 11 is 3.46. The van der Waals surface area contributed by atoms with Crippen LogP contribution in [0.3, 0.4) is 0 Å². The van der Waals surface area contributed by atoms with Crippen LogP contribution in [0.2, 0.25) is 0 Å². The summed E-state index contributed by atoms with van der Waals surface area (Å²) in [6.07, 6.45) is 0.513. The van der Waals surface area contributed by atoms with Crippen molar-refractivity contribution in [2.45, 2.75) is 18.9 Å². The number of methoxy groups -OCH3 is 2. The van der Waals surface area contributed by atoms with Crippen molar-refractivity contribution < 1.29 is 14.6 Å². The Hall–Kier alpha value is -0.580. The zero-order chi connectivity index (χ0) is 12.2. The molecule has 1 N–H and O–H groups in total. The van der Waals surface area contributed by atoms with Gasteiger partial charge in [-0.3, -0.25) is 0 Å². The highest BCUT2D eigenvalue weighted by molar-refractivity contribution is 9.10. The van der Waals surface area contributed by atoms with E-state index in [4.69, 9.17) is 9.47 Å². The van der Waals surface area contributed by atoms with Crippen LogP contribution in [0.15, 0.2) is 22.7 Å². The van der Waals surface area contributed by atoms with Crippen molar-refractivity contribution in [1.82, 2.24) is 0 Å². The van der Waals surface area contributed by atoms with Crippen molar-refractivity contribution in [3.8, 4) is 5.75 Å². The van der Waals surface area contributed by atoms with Gasteiger partial charge < -0.3 is 14.6 Å². The molecule has 90 valence electrons. The van der Waals surface area contributed by atoms with E-state index in [1.54, 1.807) is 21.1 Å². The second kappa shape index (κ2) is 5.66. The first-order valence-electron chi connectivity index (χ1n) is 5.02. The minimum absolute atomic E-state index is 0.302. The van der Waals surface area contributed by atoms with Gasteiger partial charge in [0.1, 0.15) is 5.75 Å². The van der Waals surface area contributed by atoms with Crippen LogP contribution in [0, 0.1) is 0 Å². The van der Waals surface area contributed by atoms with Gasteiger partial charge in [0.2, 0.25) is 0 Å². The third kappa shape index (κ3) is 3.77. The van der Waals surface area contributed by atoms with Crippen molar-refractivity contribution in [2.75, 3.05) is 20.8 Å². The molecule has 0 amide bonds. The quantitative estimate of drug-likeness (QED) is 0.904. The fourth-order valence-corrected chi connectivity index (χ4v) is 1.97. The van der Waals surface area contributed by atoms with Gasteiger partial charge in [0, 0.05) is 18.0 Å². The zero-order valence-corrected chi connectivity index (χ0v) is 11.4. The fraction of sp³-hybridized carbons (Fsp3) is 0.500. The van der Waals surface area contributed by atoms with Crippen LogP contribution in [-0.2, 0) is 11.2 Å². The number of rotatable bonds is 5. The number of aliphatic hydroxyl groups is 1. The molecule has 0 radical (unpaired) electrons. The molecule has 0 spiro atoms. The second-order valence-corrected chi connectivity index (χ2v) is 4.92. The molecular weight excluding hydrogens is 272 g/mol. The van der Waals surface area contributed by atoms with E-state index in [0.717, 1.165) is 15.8 Å². The number of benzene rings is 1. The second-order valence-electron chi connectivity index (χ2n) is 4.06. The van der Waals surface area contributed by atoms with Gasteiger partial charge in [-0.15, -0.1) is 0 Å². The lowest BCUT2D eigenvalue weighted by Crippen LogP contribution is -2.32. The molecule has 1 atom stereocenters. The highest BCUT2D eigenvalue weighted by atomic mass is 79.9. The average molecular weight is 289 g/mol. The number of ether oxygens (including phenoxy) is 2. The SMILES string of the molecule is COCC(C)(O)Cc1cc(OC)ccc1Br. The fourth-order valence-electron chi connectivity index (χ4n) is 1.59. The molecule has 3 nitrogen and oxygen atoms in total. The zero-order valence-electron chi connectivity index (χ0n) is 9.79. The maximum atomic E-state index is 10.1. The Morgan fingerprint density at radius 3 is 2.62 bits per heavy atom. The van der Waals surface area contributed by atoms with E-state index < -0.39 is 5.60 Å². The summed E-state index contributed by atoms with van der Waals surface area (Å²) in [5.41, 5.74) is 0.130. The lowest BCUT2D eigenvalue weighted by molar-refractivity contribution is -0.0162. The highest BCUT2D eigenvalue weighted by Gasteiger charge is 2.22. The largest absolute Gasteiger partial charge is 0.497 e. The first kappa shape index (κ1) is 13.5. The molecule has 1 rings (SSSR count). The number of hydrogen-bond acceptors (Lipinski definition) is 3. The minimum atomic E-state index is -0.871. The number of hydrogen-bond donors (Lipinski definition) is 1. The topological polar surface area (TPSA) is 38.7 Å². The standard InChI is InChI=1S/C12H17BrO3/c1-12(14,8-15-2)7-9-6-10(16-3)4-5-11(9)13/h4-6,14H,7-8H2,1-3H3. The molecule has 0 aromatic heterocycles. The summed E-state index contributed by atoms with van der Waals surface area (Å²) in [6, 6.07) is 5.70. The van der Waals surface area contributed by atoms with E-state index in [1.165, 1.54) is 0 Å². The van der Waals surface area contributed by atoms with Crippen LogP contribution in [0.1, 0.15) is 12.5 Å². The third-order valence-electron chi connectivity index (χ3n) is 2.28. The van der Waals surface area contributed by atoms with Crippen molar-refractivity contribution in [2.24, 2.45) is 0 Å². The molecule has 0 heterocycles. The normalized spacial score (nSPS) is 14.6. The van der Waals surface area contributed by atoms with Crippen LogP contribution >= 0.6 is 15.9 Å². The summed E-state index contributed by atoms with van der Waals surface area (Å²) in [6.45, 7) is 2.05. The van der Waals surface area contributed by atoms with Crippen LogP contribution in [0.4, 0.5) is 0 Å². The Morgan fingerprint density at radius 2 is 2.06 bits per heavy atom. The molecule has 1 unspecified atom stereocenters. The molecule has 1 aromatic rings. The van der Waals surface area contributed by atoms with Gasteiger partial charge in [-0.2, -0.15) is 0 Å². The lowest BCUT2D eigenvalue weighted by Gasteiger charge is -2.23. The molecule has 0 aliphatic heterocycles. The van der Waals surface area contributed by atoms with Gasteiger partial charge >= 0.3 is 0 Å². The first-order valence-corrected chi connectivity index (χ1v) is 5.81. The Kier molecular flexibility index (Phi) is 4.77. The van der Waals surface area contributed by atoms with Crippen molar-refractivity contribution >= 4 is 15.9 Å². The predicted octanol–water partition coefficient (Wildman–Crippen LogP) is 2.40. The van der Waals surface area contributed by atoms with E-state index in [2.05, 4.69) is 15.9 Å². The van der Waals surface area contributed by atoms with Gasteiger partial charge in [-0.05, 0) is 30.7 Å². The lowest BCUT2D eigenvalue weighted by atomic mass is 9.97. The molecule has 0 bridgehead atoms. The highest BCUT2D eigenvalue weighted by Crippen LogP contribution is 2.26. The first-order chi connectivity index (χ1) is 7.48. The molecule has 0 saturated carbocycles. The molecule has 4 heteroatoms. The van der Waals surface area contributed by atoms with E-state index in [1.807, 2.05) is 18.2 Å². The Bertz CT molecular complexity index is 350. The van der Waals surface area contributed by atoms with E-state index in [9.17, 15) is 5.11 Å². The van der Waals surface area contributed by atoms with E-state index >= 15 is 0 Å². The maximum absolute atomic E-state index is 10.1. The molecule has 0 fully saturated rings. The van der Waals surface area contributed by atoms with Gasteiger partial charge in [-0.1, -0.05) is 15.9 Å². The van der Waals surface area contributed by atoms with E-state index in [-0.39, 0.29) is 0 Å². The number of halogens is 1. The monoisotopic (exact) mass is 288 g/mol. The van der Waals surface area contributed by atoms with Gasteiger partial charge in [-0.25, -0.2) is 0 Å². The Labute approximate surface area is 105 Å². The summed E-state index contributed by atoms with van der Waals surface area (Å²) in [7, 11) is 3.20. The summed E-state index contributed by atoms with van der Waals surface area (Å²) in [5.74, 6) is 0.784. The Morgan fingerprint density at radius 1 is 1.38 bits per heavy atom. The van der Waals surface area contributed by atoms with E-state index in [0.29, 0.717) is 13.0 Å². The van der Waals surface area contributed by atoms with Crippen LogP contribution < -0.4 is 4.74 Å². The van der Waals surface area contributed by atoms with Gasteiger partial charge in [0.25, 0.3) is 0 Å². The summed E-state index contributed by atoms with van der Waals surface area (Å²) < 4.78 is 11.1. The minimum Gasteiger partial charge on any atom is -0.497 e. The van der Waals surface area contributed by atoms with Gasteiger partial charge in [0.15, 0.2) is 0 Å². The third-order valence-corrected chi connectivity index (χ3v) is 3.05. The summed E-state index contributed by atoms with van der Waals surface area (Å²) in [5, 5.41) is 10.1. The molecule has 1 aromatic carbocycles. The molecule has 0 aliphatic rings. The molecule has 0 saturated heterocycles. The summed E-state index contributed by atoms with van der Waals surface area (Å²) in [4.78, 5) is 0. The molecule has 16 heavy (non-hydrogen) atoms. The predicted molar refractivity (Wildman–Crippen MR) is 66.9 cm³/mol. The van der Waals surface area contributed by atoms with Crippen LogP contribution in [0.5, 0.6) is 5.75 Å². The molecule has 0 aliphatic carbocycles. The van der Waals surface area contributed by atoms with Crippen molar-refractivity contribution in [3.05, 3.63) is 28.2 Å². The van der Waals surface area contributed by atoms with Gasteiger partial charge in [0.05, 0.1) is 19.3 Å². The Balaban J connectivity index is 2.87. The molecular formula is C12H17BrO3. The van der Waals surface area contributed by atoms with Crippen LogP contribution in [-0.4, -0.2) is 31.5 Å².